The van der Waals surface area contributed by atoms with Crippen LogP contribution in [0.4, 0.5) is 0 Å². The smallest absolute Gasteiger partial charge is 0.303 e. The molecule has 1 saturated carbocycles. The number of benzene rings is 1. The van der Waals surface area contributed by atoms with E-state index in [0.717, 1.165) is 6.42 Å². The van der Waals surface area contributed by atoms with Crippen LogP contribution in [0.3, 0.4) is 0 Å². The average molecular weight is 218 g/mol. The van der Waals surface area contributed by atoms with Crippen molar-refractivity contribution in [2.45, 2.75) is 38.5 Å². The molecular formula is C14H18O2. The molecule has 1 aliphatic carbocycles. The highest BCUT2D eigenvalue weighted by atomic mass is 16.4. The molecule has 1 unspecified atom stereocenters. The predicted octanol–water partition coefficient (Wildman–Crippen LogP) is 3.22. The Morgan fingerprint density at radius 1 is 1.38 bits per heavy atom. The Bertz CT molecular complexity index is 363. The summed E-state index contributed by atoms with van der Waals surface area (Å²) in [6, 6.07) is 8.44. The van der Waals surface area contributed by atoms with Gasteiger partial charge in [0.05, 0.1) is 6.42 Å². The van der Waals surface area contributed by atoms with Crippen LogP contribution >= 0.6 is 0 Å². The Morgan fingerprint density at radius 2 is 2.00 bits per heavy atom. The second kappa shape index (κ2) is 4.69. The molecule has 0 heterocycles. The van der Waals surface area contributed by atoms with Crippen molar-refractivity contribution in [3.63, 3.8) is 0 Å². The molecule has 0 amide bonds. The normalized spacial score (nSPS) is 17.1. The van der Waals surface area contributed by atoms with Gasteiger partial charge in [0.15, 0.2) is 0 Å². The van der Waals surface area contributed by atoms with Crippen molar-refractivity contribution in [1.82, 2.24) is 0 Å². The number of carboxylic acids is 1. The van der Waals surface area contributed by atoms with E-state index < -0.39 is 5.97 Å². The minimum Gasteiger partial charge on any atom is -0.481 e. The van der Waals surface area contributed by atoms with Crippen molar-refractivity contribution in [3.8, 4) is 0 Å². The monoisotopic (exact) mass is 218 g/mol. The zero-order valence-corrected chi connectivity index (χ0v) is 9.65. The van der Waals surface area contributed by atoms with E-state index in [1.54, 1.807) is 0 Å². The molecule has 1 fully saturated rings. The minimum absolute atomic E-state index is 0.225. The van der Waals surface area contributed by atoms with Crippen molar-refractivity contribution in [2.75, 3.05) is 0 Å². The lowest BCUT2D eigenvalue weighted by atomic mass is 9.90. The lowest BCUT2D eigenvalue weighted by molar-refractivity contribution is -0.137. The summed E-state index contributed by atoms with van der Waals surface area (Å²) in [5.74, 6) is 0.142. The molecule has 1 aromatic rings. The van der Waals surface area contributed by atoms with E-state index in [1.165, 1.54) is 24.0 Å². The van der Waals surface area contributed by atoms with Gasteiger partial charge in [0, 0.05) is 0 Å². The quantitative estimate of drug-likeness (QED) is 0.824. The number of aliphatic carboxylic acids is 1. The first-order valence-electron chi connectivity index (χ1n) is 6.01. The second-order valence-corrected chi connectivity index (χ2v) is 4.64. The number of aryl methyl sites for hydroxylation is 1. The Hall–Kier alpha value is -1.31. The van der Waals surface area contributed by atoms with E-state index in [0.29, 0.717) is 5.92 Å². The zero-order chi connectivity index (χ0) is 11.5. The summed E-state index contributed by atoms with van der Waals surface area (Å²) < 4.78 is 0. The lowest BCUT2D eigenvalue weighted by Gasteiger charge is -2.14. The van der Waals surface area contributed by atoms with Gasteiger partial charge in [-0.15, -0.1) is 0 Å². The van der Waals surface area contributed by atoms with E-state index in [4.69, 9.17) is 5.11 Å². The molecule has 0 radical (unpaired) electrons. The molecule has 0 aliphatic heterocycles. The molecule has 1 aliphatic rings. The first-order valence-corrected chi connectivity index (χ1v) is 6.01. The SMILES string of the molecule is CCc1ccc(C(CC(=O)O)C2CC2)cc1. The number of carboxylic acid groups (broad SMARTS) is 1. The van der Waals surface area contributed by atoms with Crippen LogP contribution in [0, 0.1) is 5.92 Å². The van der Waals surface area contributed by atoms with Crippen LogP contribution < -0.4 is 0 Å². The number of hydrogen-bond donors (Lipinski definition) is 1. The molecule has 0 aromatic heterocycles. The van der Waals surface area contributed by atoms with Gasteiger partial charge < -0.3 is 5.11 Å². The van der Waals surface area contributed by atoms with Crippen LogP contribution in [0.2, 0.25) is 0 Å². The molecule has 2 nitrogen and oxygen atoms in total. The molecule has 86 valence electrons. The van der Waals surface area contributed by atoms with Gasteiger partial charge in [-0.1, -0.05) is 31.2 Å². The standard InChI is InChI=1S/C14H18O2/c1-2-10-3-5-11(6-4-10)13(9-14(15)16)12-7-8-12/h3-6,12-13H,2,7-9H2,1H3,(H,15,16). The summed E-state index contributed by atoms with van der Waals surface area (Å²) in [6.45, 7) is 2.13. The third-order valence-electron chi connectivity index (χ3n) is 3.40. The Labute approximate surface area is 96.3 Å². The molecular weight excluding hydrogens is 200 g/mol. The van der Waals surface area contributed by atoms with E-state index in [-0.39, 0.29) is 12.3 Å². The van der Waals surface area contributed by atoms with Gasteiger partial charge in [-0.2, -0.15) is 0 Å². The Kier molecular flexibility index (Phi) is 3.28. The molecule has 1 N–H and O–H groups in total. The highest BCUT2D eigenvalue weighted by Gasteiger charge is 2.33. The largest absolute Gasteiger partial charge is 0.481 e. The van der Waals surface area contributed by atoms with E-state index in [9.17, 15) is 4.79 Å². The van der Waals surface area contributed by atoms with Gasteiger partial charge in [-0.3, -0.25) is 4.79 Å². The molecule has 2 rings (SSSR count). The van der Waals surface area contributed by atoms with Crippen LogP contribution in [0.25, 0.3) is 0 Å². The summed E-state index contributed by atoms with van der Waals surface area (Å²) >= 11 is 0. The van der Waals surface area contributed by atoms with Crippen molar-refractivity contribution < 1.29 is 9.90 Å². The third kappa shape index (κ3) is 2.63. The fraction of sp³-hybridized carbons (Fsp3) is 0.500. The summed E-state index contributed by atoms with van der Waals surface area (Å²) in [6.07, 6.45) is 3.68. The molecule has 1 atom stereocenters. The lowest BCUT2D eigenvalue weighted by Crippen LogP contribution is -2.08. The third-order valence-corrected chi connectivity index (χ3v) is 3.40. The molecule has 0 spiro atoms. The van der Waals surface area contributed by atoms with Gasteiger partial charge in [0.25, 0.3) is 0 Å². The maximum Gasteiger partial charge on any atom is 0.303 e. The summed E-state index contributed by atoms with van der Waals surface area (Å²) in [5, 5.41) is 8.92. The molecule has 2 heteroatoms. The number of rotatable bonds is 5. The highest BCUT2D eigenvalue weighted by Crippen LogP contribution is 2.44. The number of carbonyl (C=O) groups is 1. The van der Waals surface area contributed by atoms with Crippen LogP contribution in [0.1, 0.15) is 43.2 Å². The van der Waals surface area contributed by atoms with E-state index in [2.05, 4.69) is 31.2 Å². The van der Waals surface area contributed by atoms with Gasteiger partial charge in [0.1, 0.15) is 0 Å². The summed E-state index contributed by atoms with van der Waals surface area (Å²) in [5.41, 5.74) is 2.51. The van der Waals surface area contributed by atoms with Crippen LogP contribution in [-0.4, -0.2) is 11.1 Å². The summed E-state index contributed by atoms with van der Waals surface area (Å²) in [7, 11) is 0. The second-order valence-electron chi connectivity index (χ2n) is 4.64. The van der Waals surface area contributed by atoms with Crippen molar-refractivity contribution >= 4 is 5.97 Å². The van der Waals surface area contributed by atoms with Gasteiger partial charge >= 0.3 is 5.97 Å². The fourth-order valence-corrected chi connectivity index (χ4v) is 2.24. The number of hydrogen-bond acceptors (Lipinski definition) is 1. The first kappa shape index (κ1) is 11.2. The first-order chi connectivity index (χ1) is 7.70. The van der Waals surface area contributed by atoms with Crippen molar-refractivity contribution in [1.29, 1.82) is 0 Å². The zero-order valence-electron chi connectivity index (χ0n) is 9.65. The highest BCUT2D eigenvalue weighted by molar-refractivity contribution is 5.68. The van der Waals surface area contributed by atoms with Gasteiger partial charge in [-0.25, -0.2) is 0 Å². The van der Waals surface area contributed by atoms with Crippen LogP contribution in [0.5, 0.6) is 0 Å². The van der Waals surface area contributed by atoms with Crippen LogP contribution in [0.15, 0.2) is 24.3 Å². The molecule has 1 aromatic carbocycles. The van der Waals surface area contributed by atoms with E-state index >= 15 is 0 Å². The maximum absolute atomic E-state index is 10.8. The van der Waals surface area contributed by atoms with Crippen LogP contribution in [-0.2, 0) is 11.2 Å². The summed E-state index contributed by atoms with van der Waals surface area (Å²) in [4.78, 5) is 10.8. The Balaban J connectivity index is 2.14. The van der Waals surface area contributed by atoms with Crippen molar-refractivity contribution in [3.05, 3.63) is 35.4 Å². The molecule has 0 saturated heterocycles. The van der Waals surface area contributed by atoms with Gasteiger partial charge in [0.2, 0.25) is 0 Å². The van der Waals surface area contributed by atoms with Crippen molar-refractivity contribution in [2.24, 2.45) is 5.92 Å². The Morgan fingerprint density at radius 3 is 2.44 bits per heavy atom. The topological polar surface area (TPSA) is 37.3 Å². The average Bonchev–Trinajstić information content (AvgIpc) is 3.10. The van der Waals surface area contributed by atoms with Gasteiger partial charge in [-0.05, 0) is 42.2 Å². The molecule has 0 bridgehead atoms. The predicted molar refractivity (Wildman–Crippen MR) is 63.5 cm³/mol. The fourth-order valence-electron chi connectivity index (χ4n) is 2.24. The molecule has 16 heavy (non-hydrogen) atoms. The minimum atomic E-state index is -0.684. The maximum atomic E-state index is 10.8. The van der Waals surface area contributed by atoms with E-state index in [1.807, 2.05) is 0 Å².